The Morgan fingerprint density at radius 3 is 2.78 bits per heavy atom. The summed E-state index contributed by atoms with van der Waals surface area (Å²) in [7, 11) is 0. The van der Waals surface area contributed by atoms with Gasteiger partial charge in [-0.15, -0.1) is 0 Å². The number of halogens is 2. The van der Waals surface area contributed by atoms with E-state index in [0.29, 0.717) is 16.5 Å². The summed E-state index contributed by atoms with van der Waals surface area (Å²) < 4.78 is 14.6. The van der Waals surface area contributed by atoms with Crippen molar-refractivity contribution in [2.45, 2.75) is 12.5 Å². The van der Waals surface area contributed by atoms with E-state index in [2.05, 4.69) is 26.3 Å². The van der Waals surface area contributed by atoms with Crippen LogP contribution in [0.5, 0.6) is 0 Å². The number of aromatic nitrogens is 1. The summed E-state index contributed by atoms with van der Waals surface area (Å²) in [6, 6.07) is 8.36. The van der Waals surface area contributed by atoms with E-state index in [1.54, 1.807) is 24.5 Å². The van der Waals surface area contributed by atoms with Gasteiger partial charge in [-0.25, -0.2) is 4.39 Å². The van der Waals surface area contributed by atoms with Crippen molar-refractivity contribution in [3.8, 4) is 0 Å². The smallest absolute Gasteiger partial charge is 0.129 e. The van der Waals surface area contributed by atoms with Gasteiger partial charge in [-0.05, 0) is 30.2 Å². The molecule has 3 nitrogen and oxygen atoms in total. The molecule has 0 bridgehead atoms. The SMILES string of the molecule is NNC(Cc1cccnc1)c1c(F)cccc1Br. The van der Waals surface area contributed by atoms with Crippen molar-refractivity contribution in [3.05, 3.63) is 64.1 Å². The fourth-order valence-corrected chi connectivity index (χ4v) is 2.46. The lowest BCUT2D eigenvalue weighted by Gasteiger charge is -2.18. The second kappa shape index (κ2) is 6.04. The molecule has 0 aliphatic heterocycles. The minimum absolute atomic E-state index is 0.281. The maximum Gasteiger partial charge on any atom is 0.129 e. The summed E-state index contributed by atoms with van der Waals surface area (Å²) in [6.07, 6.45) is 4.02. The summed E-state index contributed by atoms with van der Waals surface area (Å²) in [4.78, 5) is 4.04. The van der Waals surface area contributed by atoms with Crippen LogP contribution in [0, 0.1) is 5.82 Å². The van der Waals surface area contributed by atoms with Crippen LogP contribution in [0.4, 0.5) is 4.39 Å². The van der Waals surface area contributed by atoms with Gasteiger partial charge in [-0.1, -0.05) is 28.1 Å². The molecular weight excluding hydrogens is 297 g/mol. The summed E-state index contributed by atoms with van der Waals surface area (Å²) >= 11 is 3.35. The molecule has 94 valence electrons. The number of hydrogen-bond donors (Lipinski definition) is 2. The summed E-state index contributed by atoms with van der Waals surface area (Å²) in [5, 5.41) is 0. The number of rotatable bonds is 4. The minimum Gasteiger partial charge on any atom is -0.271 e. The highest BCUT2D eigenvalue weighted by atomic mass is 79.9. The molecule has 18 heavy (non-hydrogen) atoms. The lowest BCUT2D eigenvalue weighted by atomic mass is 10.00. The van der Waals surface area contributed by atoms with E-state index in [9.17, 15) is 4.39 Å². The average Bonchev–Trinajstić information content (AvgIpc) is 2.38. The normalized spacial score (nSPS) is 12.4. The van der Waals surface area contributed by atoms with Gasteiger partial charge in [-0.2, -0.15) is 0 Å². The lowest BCUT2D eigenvalue weighted by Crippen LogP contribution is -2.30. The first-order chi connectivity index (χ1) is 8.72. The molecule has 2 aromatic rings. The molecule has 0 radical (unpaired) electrons. The first-order valence-corrected chi connectivity index (χ1v) is 6.30. The molecule has 0 saturated carbocycles. The monoisotopic (exact) mass is 309 g/mol. The Bertz CT molecular complexity index is 499. The van der Waals surface area contributed by atoms with Gasteiger partial charge < -0.3 is 0 Å². The zero-order valence-electron chi connectivity index (χ0n) is 9.61. The van der Waals surface area contributed by atoms with E-state index in [-0.39, 0.29) is 11.9 Å². The molecule has 5 heteroatoms. The Labute approximate surface area is 113 Å². The summed E-state index contributed by atoms with van der Waals surface area (Å²) in [5.41, 5.74) is 4.18. The highest BCUT2D eigenvalue weighted by molar-refractivity contribution is 9.10. The van der Waals surface area contributed by atoms with Crippen LogP contribution >= 0.6 is 15.9 Å². The predicted molar refractivity (Wildman–Crippen MR) is 72.1 cm³/mol. The van der Waals surface area contributed by atoms with E-state index < -0.39 is 0 Å². The minimum atomic E-state index is -0.301. The maximum atomic E-state index is 13.8. The van der Waals surface area contributed by atoms with Crippen LogP contribution in [0.15, 0.2) is 47.2 Å². The van der Waals surface area contributed by atoms with Crippen LogP contribution in [0.1, 0.15) is 17.2 Å². The molecule has 1 atom stereocenters. The molecule has 0 fully saturated rings. The zero-order chi connectivity index (χ0) is 13.0. The van der Waals surface area contributed by atoms with Crippen LogP contribution < -0.4 is 11.3 Å². The van der Waals surface area contributed by atoms with Crippen LogP contribution in [0.3, 0.4) is 0 Å². The lowest BCUT2D eigenvalue weighted by molar-refractivity contribution is 0.508. The third-order valence-electron chi connectivity index (χ3n) is 2.71. The van der Waals surface area contributed by atoms with E-state index in [1.165, 1.54) is 6.07 Å². The molecule has 0 saturated heterocycles. The number of nitrogens with zero attached hydrogens (tertiary/aromatic N) is 1. The highest BCUT2D eigenvalue weighted by Crippen LogP contribution is 2.28. The van der Waals surface area contributed by atoms with E-state index in [4.69, 9.17) is 5.84 Å². The Hall–Kier alpha value is -1.30. The van der Waals surface area contributed by atoms with Crippen LogP contribution in [0.25, 0.3) is 0 Å². The number of hydrogen-bond acceptors (Lipinski definition) is 3. The number of hydrazine groups is 1. The Balaban J connectivity index is 2.29. The molecule has 3 N–H and O–H groups in total. The Kier molecular flexibility index (Phi) is 4.41. The van der Waals surface area contributed by atoms with E-state index in [1.807, 2.05) is 12.1 Å². The second-order valence-corrected chi connectivity index (χ2v) is 4.77. The van der Waals surface area contributed by atoms with Crippen molar-refractivity contribution in [2.24, 2.45) is 5.84 Å². The number of pyridine rings is 1. The highest BCUT2D eigenvalue weighted by Gasteiger charge is 2.17. The van der Waals surface area contributed by atoms with Crippen LogP contribution in [-0.4, -0.2) is 4.98 Å². The van der Waals surface area contributed by atoms with Gasteiger partial charge in [0, 0.05) is 22.4 Å². The van der Waals surface area contributed by atoms with Gasteiger partial charge in [0.2, 0.25) is 0 Å². The van der Waals surface area contributed by atoms with Crippen molar-refractivity contribution in [1.29, 1.82) is 0 Å². The molecule has 1 aromatic heterocycles. The average molecular weight is 310 g/mol. The molecule has 1 unspecified atom stereocenters. The van der Waals surface area contributed by atoms with Gasteiger partial charge in [0.05, 0.1) is 6.04 Å². The first kappa shape index (κ1) is 13.1. The molecule has 0 amide bonds. The Morgan fingerprint density at radius 2 is 2.17 bits per heavy atom. The van der Waals surface area contributed by atoms with Gasteiger partial charge in [-0.3, -0.25) is 16.3 Å². The van der Waals surface area contributed by atoms with Crippen molar-refractivity contribution < 1.29 is 4.39 Å². The van der Waals surface area contributed by atoms with Crippen molar-refractivity contribution in [2.75, 3.05) is 0 Å². The van der Waals surface area contributed by atoms with Gasteiger partial charge in [0.1, 0.15) is 5.82 Å². The molecule has 2 rings (SSSR count). The predicted octanol–water partition coefficient (Wildman–Crippen LogP) is 2.73. The molecule has 0 aliphatic rings. The first-order valence-electron chi connectivity index (χ1n) is 5.51. The van der Waals surface area contributed by atoms with Gasteiger partial charge in [0.25, 0.3) is 0 Å². The summed E-state index contributed by atoms with van der Waals surface area (Å²) in [5.74, 6) is 5.25. The van der Waals surface area contributed by atoms with Crippen LogP contribution in [0.2, 0.25) is 0 Å². The van der Waals surface area contributed by atoms with Gasteiger partial charge >= 0.3 is 0 Å². The van der Waals surface area contributed by atoms with Gasteiger partial charge in [0.15, 0.2) is 0 Å². The molecule has 1 aromatic carbocycles. The number of benzene rings is 1. The third-order valence-corrected chi connectivity index (χ3v) is 3.40. The quantitative estimate of drug-likeness (QED) is 0.674. The second-order valence-electron chi connectivity index (χ2n) is 3.92. The largest absolute Gasteiger partial charge is 0.271 e. The fraction of sp³-hybridized carbons (Fsp3) is 0.154. The molecule has 0 spiro atoms. The van der Waals surface area contributed by atoms with Crippen molar-refractivity contribution >= 4 is 15.9 Å². The standard InChI is InChI=1S/C13H13BrFN3/c14-10-4-1-5-11(15)13(10)12(18-16)7-9-3-2-6-17-8-9/h1-6,8,12,18H,7,16H2. The molecular formula is C13H13BrFN3. The number of nitrogens with two attached hydrogens (primary N) is 1. The maximum absolute atomic E-state index is 13.8. The fourth-order valence-electron chi connectivity index (χ4n) is 1.84. The summed E-state index contributed by atoms with van der Waals surface area (Å²) in [6.45, 7) is 0. The molecule has 0 aliphatic carbocycles. The Morgan fingerprint density at radius 1 is 1.33 bits per heavy atom. The number of nitrogens with one attached hydrogen (secondary N) is 1. The zero-order valence-corrected chi connectivity index (χ0v) is 11.2. The van der Waals surface area contributed by atoms with E-state index >= 15 is 0 Å². The van der Waals surface area contributed by atoms with Crippen molar-refractivity contribution in [1.82, 2.24) is 10.4 Å². The third kappa shape index (κ3) is 2.93. The van der Waals surface area contributed by atoms with E-state index in [0.717, 1.165) is 5.56 Å². The molecule has 1 heterocycles. The topological polar surface area (TPSA) is 50.9 Å². The van der Waals surface area contributed by atoms with Crippen LogP contribution in [-0.2, 0) is 6.42 Å². The van der Waals surface area contributed by atoms with Crippen molar-refractivity contribution in [3.63, 3.8) is 0 Å².